The maximum Gasteiger partial charge on any atom is 0.127 e. The van der Waals surface area contributed by atoms with Gasteiger partial charge in [-0.05, 0) is 131 Å². The Labute approximate surface area is 269 Å². The van der Waals surface area contributed by atoms with Crippen LogP contribution in [-0.4, -0.2) is 81.1 Å². The van der Waals surface area contributed by atoms with Gasteiger partial charge in [-0.25, -0.2) is 0 Å². The molecule has 8 nitrogen and oxygen atoms in total. The van der Waals surface area contributed by atoms with Gasteiger partial charge in [0.25, 0.3) is 0 Å². The summed E-state index contributed by atoms with van der Waals surface area (Å²) < 4.78 is 0. The Hall–Kier alpha value is -2.78. The van der Waals surface area contributed by atoms with Gasteiger partial charge in [0.05, 0.1) is 18.2 Å². The van der Waals surface area contributed by atoms with E-state index in [2.05, 4.69) is 0 Å². The third kappa shape index (κ3) is 11.2. The normalized spacial score (nSPS) is 18.8. The van der Waals surface area contributed by atoms with E-state index in [1.54, 1.807) is 19.4 Å². The molecule has 8 heteroatoms. The number of aliphatic hydroxyl groups is 4. The predicted molar refractivity (Wildman–Crippen MR) is 182 cm³/mol. The van der Waals surface area contributed by atoms with Crippen molar-refractivity contribution in [1.29, 1.82) is 0 Å². The first kappa shape index (κ1) is 36.7. The zero-order valence-electron chi connectivity index (χ0n) is 27.5. The summed E-state index contributed by atoms with van der Waals surface area (Å²) in [6.45, 7) is 5.94. The Kier molecular flexibility index (Phi) is 15.5. The molecule has 45 heavy (non-hydrogen) atoms. The Bertz CT molecular complexity index is 1240. The van der Waals surface area contributed by atoms with E-state index in [4.69, 9.17) is 9.98 Å². The van der Waals surface area contributed by atoms with Gasteiger partial charge >= 0.3 is 0 Å². The SMILES string of the molecule is Cc1cc(C(CCCO)CCCO)cc(C=NC2CCCCC2N=Cc2cc(C(CCCO)CCC(C)O)cc(C)c2O)c1O. The smallest absolute Gasteiger partial charge is 0.127 e. The summed E-state index contributed by atoms with van der Waals surface area (Å²) in [5.41, 5.74) is 5.07. The lowest BCUT2D eigenvalue weighted by molar-refractivity contribution is 0.176. The van der Waals surface area contributed by atoms with Crippen molar-refractivity contribution >= 4 is 12.4 Å². The number of aromatic hydroxyl groups is 2. The molecule has 0 saturated heterocycles. The minimum atomic E-state index is -0.392. The van der Waals surface area contributed by atoms with Crippen LogP contribution in [0.1, 0.15) is 129 Å². The summed E-state index contributed by atoms with van der Waals surface area (Å²) in [5, 5.41) is 59.9. The highest BCUT2D eigenvalue weighted by atomic mass is 16.3. The molecule has 3 rings (SSSR count). The number of aryl methyl sites for hydroxylation is 2. The van der Waals surface area contributed by atoms with E-state index in [0.717, 1.165) is 73.6 Å². The van der Waals surface area contributed by atoms with Crippen LogP contribution >= 0.6 is 0 Å². The van der Waals surface area contributed by atoms with Gasteiger partial charge in [0.1, 0.15) is 11.5 Å². The molecule has 0 spiro atoms. The Morgan fingerprint density at radius 2 is 1.07 bits per heavy atom. The van der Waals surface area contributed by atoms with Crippen LogP contribution in [0.4, 0.5) is 0 Å². The third-order valence-electron chi connectivity index (χ3n) is 9.22. The predicted octanol–water partition coefficient (Wildman–Crippen LogP) is 6.21. The van der Waals surface area contributed by atoms with Gasteiger partial charge in [-0.3, -0.25) is 9.98 Å². The molecule has 1 fully saturated rings. The van der Waals surface area contributed by atoms with Crippen molar-refractivity contribution in [3.05, 3.63) is 57.6 Å². The van der Waals surface area contributed by atoms with Gasteiger partial charge < -0.3 is 30.6 Å². The van der Waals surface area contributed by atoms with E-state index < -0.39 is 6.10 Å². The molecule has 0 radical (unpaired) electrons. The van der Waals surface area contributed by atoms with Gasteiger partial charge in [0.15, 0.2) is 0 Å². The number of benzene rings is 2. The molecule has 0 heterocycles. The number of hydrogen-bond acceptors (Lipinski definition) is 8. The number of rotatable bonds is 18. The van der Waals surface area contributed by atoms with Gasteiger partial charge in [-0.1, -0.05) is 25.0 Å². The molecule has 1 saturated carbocycles. The molecule has 250 valence electrons. The van der Waals surface area contributed by atoms with Crippen LogP contribution in [0, 0.1) is 13.8 Å². The maximum absolute atomic E-state index is 10.9. The first-order chi connectivity index (χ1) is 21.7. The fraction of sp³-hybridized carbons (Fsp3) is 0.622. The van der Waals surface area contributed by atoms with Crippen molar-refractivity contribution in [2.75, 3.05) is 19.8 Å². The van der Waals surface area contributed by atoms with Crippen LogP contribution in [0.15, 0.2) is 34.3 Å². The molecule has 0 bridgehead atoms. The molecular weight excluding hydrogens is 568 g/mol. The number of aliphatic imine (C=N–C) groups is 2. The second-order valence-corrected chi connectivity index (χ2v) is 12.9. The molecule has 6 N–H and O–H groups in total. The van der Waals surface area contributed by atoms with Crippen molar-refractivity contribution < 1.29 is 30.6 Å². The van der Waals surface area contributed by atoms with E-state index in [1.807, 2.05) is 38.1 Å². The highest BCUT2D eigenvalue weighted by molar-refractivity contribution is 5.85. The molecule has 0 aromatic heterocycles. The van der Waals surface area contributed by atoms with Crippen molar-refractivity contribution in [2.45, 2.75) is 128 Å². The number of hydrogen-bond donors (Lipinski definition) is 6. The number of phenols is 2. The first-order valence-corrected chi connectivity index (χ1v) is 16.9. The van der Waals surface area contributed by atoms with E-state index in [-0.39, 0.29) is 55.2 Å². The van der Waals surface area contributed by atoms with E-state index in [9.17, 15) is 30.6 Å². The molecule has 4 atom stereocenters. The lowest BCUT2D eigenvalue weighted by atomic mass is 9.87. The van der Waals surface area contributed by atoms with Crippen LogP contribution in [0.5, 0.6) is 11.5 Å². The summed E-state index contributed by atoms with van der Waals surface area (Å²) in [4.78, 5) is 9.90. The lowest BCUT2D eigenvalue weighted by Crippen LogP contribution is -2.27. The summed E-state index contributed by atoms with van der Waals surface area (Å²) >= 11 is 0. The van der Waals surface area contributed by atoms with Crippen molar-refractivity contribution in [1.82, 2.24) is 0 Å². The average Bonchev–Trinajstić information content (AvgIpc) is 3.02. The van der Waals surface area contributed by atoms with Gasteiger partial charge in [-0.2, -0.15) is 0 Å². The zero-order chi connectivity index (χ0) is 32.8. The lowest BCUT2D eigenvalue weighted by Gasteiger charge is -2.26. The maximum atomic E-state index is 10.9. The minimum Gasteiger partial charge on any atom is -0.507 e. The molecule has 2 aromatic rings. The standard InChI is InChI=1S/C37H56N2O6/c1-25-19-30(28(9-6-16-40)10-7-17-41)21-32(36(25)44)23-38-34-12-4-5-13-35(34)39-24-33-22-31(20-26(2)37(33)45)29(11-8-18-42)15-14-27(3)43/h19-24,27-29,34-35,40-45H,4-18H2,1-3H3. The van der Waals surface area contributed by atoms with Gasteiger partial charge in [0.2, 0.25) is 0 Å². The second-order valence-electron chi connectivity index (χ2n) is 12.9. The quantitative estimate of drug-likeness (QED) is 0.109. The Morgan fingerprint density at radius 3 is 1.44 bits per heavy atom. The van der Waals surface area contributed by atoms with Gasteiger partial charge in [-0.15, -0.1) is 0 Å². The fourth-order valence-corrected chi connectivity index (χ4v) is 6.54. The summed E-state index contributed by atoms with van der Waals surface area (Å²) in [6.07, 6.45) is 13.0. The largest absolute Gasteiger partial charge is 0.507 e. The summed E-state index contributed by atoms with van der Waals surface area (Å²) in [6, 6.07) is 7.89. The van der Waals surface area contributed by atoms with Crippen LogP contribution in [-0.2, 0) is 0 Å². The van der Waals surface area contributed by atoms with E-state index in [1.165, 1.54) is 0 Å². The molecule has 1 aliphatic rings. The number of aliphatic hydroxyl groups excluding tert-OH is 4. The monoisotopic (exact) mass is 624 g/mol. The van der Waals surface area contributed by atoms with E-state index in [0.29, 0.717) is 36.8 Å². The average molecular weight is 625 g/mol. The topological polar surface area (TPSA) is 146 Å². The number of phenolic OH excluding ortho intramolecular Hbond substituents is 2. The highest BCUT2D eigenvalue weighted by Gasteiger charge is 2.24. The zero-order valence-corrected chi connectivity index (χ0v) is 27.5. The van der Waals surface area contributed by atoms with E-state index >= 15 is 0 Å². The highest BCUT2D eigenvalue weighted by Crippen LogP contribution is 2.34. The fourth-order valence-electron chi connectivity index (χ4n) is 6.54. The van der Waals surface area contributed by atoms with Crippen LogP contribution in [0.3, 0.4) is 0 Å². The summed E-state index contributed by atoms with van der Waals surface area (Å²) in [7, 11) is 0. The minimum absolute atomic E-state index is 0.0484. The third-order valence-corrected chi connectivity index (χ3v) is 9.22. The number of nitrogens with zero attached hydrogens (tertiary/aromatic N) is 2. The van der Waals surface area contributed by atoms with Crippen LogP contribution in [0.2, 0.25) is 0 Å². The van der Waals surface area contributed by atoms with Gasteiger partial charge in [0, 0.05) is 43.4 Å². The molecule has 1 aliphatic carbocycles. The van der Waals surface area contributed by atoms with Crippen molar-refractivity contribution in [3.63, 3.8) is 0 Å². The van der Waals surface area contributed by atoms with Crippen LogP contribution in [0.25, 0.3) is 0 Å². The Morgan fingerprint density at radius 1 is 0.667 bits per heavy atom. The molecule has 0 aliphatic heterocycles. The van der Waals surface area contributed by atoms with Crippen molar-refractivity contribution in [3.8, 4) is 11.5 Å². The molecule has 0 amide bonds. The molecule has 4 unspecified atom stereocenters. The second kappa shape index (κ2) is 19.0. The molecule has 2 aromatic carbocycles. The molecular formula is C37H56N2O6. The first-order valence-electron chi connectivity index (χ1n) is 16.9. The van der Waals surface area contributed by atoms with Crippen molar-refractivity contribution in [2.24, 2.45) is 9.98 Å². The van der Waals surface area contributed by atoms with Crippen LogP contribution < -0.4 is 0 Å². The summed E-state index contributed by atoms with van der Waals surface area (Å²) in [5.74, 6) is 0.780. The Balaban J connectivity index is 1.85.